The third-order valence-electron chi connectivity index (χ3n) is 23.4. The van der Waals surface area contributed by atoms with Crippen LogP contribution in [0.1, 0.15) is 49.9 Å². The Labute approximate surface area is 626 Å². The van der Waals surface area contributed by atoms with E-state index in [-0.39, 0.29) is 10.8 Å². The van der Waals surface area contributed by atoms with Crippen LogP contribution in [-0.2, 0) is 10.8 Å². The summed E-state index contributed by atoms with van der Waals surface area (Å²) in [5, 5.41) is 10.3. The van der Waals surface area contributed by atoms with Crippen molar-refractivity contribution in [2.75, 3.05) is 9.80 Å². The Morgan fingerprint density at radius 1 is 0.215 bits per heavy atom. The van der Waals surface area contributed by atoms with Gasteiger partial charge in [-0.15, -0.1) is 0 Å². The minimum atomic E-state index is -3.16. The van der Waals surface area contributed by atoms with Gasteiger partial charge in [-0.1, -0.05) is 295 Å². The molecule has 2 heterocycles. The molecule has 0 saturated heterocycles. The van der Waals surface area contributed by atoms with E-state index in [2.05, 4.69) is 435 Å². The molecule has 0 aliphatic heterocycles. The van der Waals surface area contributed by atoms with E-state index in [4.69, 9.17) is 0 Å². The molecule has 0 radical (unpaired) electrons. The highest BCUT2D eigenvalue weighted by molar-refractivity contribution is 7.20. The predicted octanol–water partition coefficient (Wildman–Crippen LogP) is 24.1. The van der Waals surface area contributed by atoms with Crippen molar-refractivity contribution in [3.05, 3.63) is 411 Å². The van der Waals surface area contributed by atoms with Crippen molar-refractivity contribution in [2.24, 2.45) is 0 Å². The van der Waals surface area contributed by atoms with Crippen LogP contribution in [0.2, 0.25) is 0 Å². The molecule has 2 aromatic heterocycles. The van der Waals surface area contributed by atoms with Crippen molar-refractivity contribution in [3.8, 4) is 55.9 Å². The van der Waals surface area contributed by atoms with Crippen LogP contribution >= 0.6 is 0 Å². The molecule has 4 nitrogen and oxygen atoms in total. The zero-order valence-electron chi connectivity index (χ0n) is 60.2. The molecular formula is C102H76N4Si. The molecule has 2 aliphatic carbocycles. The summed E-state index contributed by atoms with van der Waals surface area (Å²) < 4.78 is 4.81. The number of anilines is 6. The van der Waals surface area contributed by atoms with Gasteiger partial charge >= 0.3 is 0 Å². The van der Waals surface area contributed by atoms with Crippen molar-refractivity contribution < 1.29 is 0 Å². The van der Waals surface area contributed by atoms with E-state index < -0.39 is 8.07 Å². The van der Waals surface area contributed by atoms with Crippen molar-refractivity contribution in [1.29, 1.82) is 0 Å². The van der Waals surface area contributed by atoms with Crippen LogP contribution in [0.5, 0.6) is 0 Å². The number of nitrogens with zero attached hydrogens (tertiary/aromatic N) is 4. The highest BCUT2D eigenvalue weighted by Gasteiger charge is 2.46. The predicted molar refractivity (Wildman–Crippen MR) is 454 cm³/mol. The summed E-state index contributed by atoms with van der Waals surface area (Å²) in [6.07, 6.45) is 0. The summed E-state index contributed by atoms with van der Waals surface area (Å²) in [6.45, 7) is 9.82. The third-order valence-corrected chi connectivity index (χ3v) is 28.1. The average Bonchev–Trinajstić information content (AvgIpc) is 1.58. The van der Waals surface area contributed by atoms with Crippen LogP contribution in [-0.4, -0.2) is 17.2 Å². The molecule has 107 heavy (non-hydrogen) atoms. The zero-order valence-corrected chi connectivity index (χ0v) is 61.2. The third kappa shape index (κ3) is 10.2. The topological polar surface area (TPSA) is 16.3 Å². The first kappa shape index (κ1) is 63.6. The number of benzene rings is 16. The van der Waals surface area contributed by atoms with Gasteiger partial charge in [-0.25, -0.2) is 0 Å². The first-order valence-electron chi connectivity index (χ1n) is 37.4. The van der Waals surface area contributed by atoms with Crippen LogP contribution in [0.15, 0.2) is 388 Å². The molecule has 0 unspecified atom stereocenters. The molecule has 0 spiro atoms. The Kier molecular flexibility index (Phi) is 14.9. The van der Waals surface area contributed by atoms with Gasteiger partial charge in [0.1, 0.15) is 0 Å². The van der Waals surface area contributed by atoms with Crippen LogP contribution in [0, 0.1) is 0 Å². The van der Waals surface area contributed by atoms with Gasteiger partial charge in [0, 0.05) is 77.9 Å². The second-order valence-electron chi connectivity index (χ2n) is 30.0. The largest absolute Gasteiger partial charge is 0.310 e. The highest BCUT2D eigenvalue weighted by atomic mass is 28.3. The summed E-state index contributed by atoms with van der Waals surface area (Å²) in [4.78, 5) is 4.96. The normalized spacial score (nSPS) is 13.2. The number of para-hydroxylation sites is 4. The minimum absolute atomic E-state index is 0.377. The Balaban J connectivity index is 0.713. The van der Waals surface area contributed by atoms with E-state index in [1.54, 1.807) is 0 Å². The minimum Gasteiger partial charge on any atom is -0.310 e. The van der Waals surface area contributed by atoms with Crippen LogP contribution in [0.25, 0.3) is 99.5 Å². The molecule has 508 valence electrons. The lowest BCUT2D eigenvalue weighted by atomic mass is 9.82. The van der Waals surface area contributed by atoms with E-state index in [0.29, 0.717) is 0 Å². The van der Waals surface area contributed by atoms with Gasteiger partial charge in [0.25, 0.3) is 0 Å². The van der Waals surface area contributed by atoms with E-state index >= 15 is 0 Å². The van der Waals surface area contributed by atoms with Crippen molar-refractivity contribution in [1.82, 2.24) is 9.13 Å². The van der Waals surface area contributed by atoms with Crippen LogP contribution in [0.4, 0.5) is 34.1 Å². The number of aromatic nitrogens is 2. The zero-order chi connectivity index (χ0) is 71.5. The van der Waals surface area contributed by atoms with Crippen molar-refractivity contribution >= 4 is 107 Å². The molecule has 0 N–H and O–H groups in total. The number of rotatable bonds is 14. The van der Waals surface area contributed by atoms with E-state index in [9.17, 15) is 0 Å². The quantitative estimate of drug-likeness (QED) is 0.0797. The lowest BCUT2D eigenvalue weighted by Crippen LogP contribution is -2.75. The van der Waals surface area contributed by atoms with Crippen molar-refractivity contribution in [2.45, 2.75) is 38.5 Å². The first-order valence-corrected chi connectivity index (χ1v) is 39.4. The molecule has 0 saturated carbocycles. The van der Waals surface area contributed by atoms with Gasteiger partial charge < -0.3 is 18.9 Å². The molecule has 0 fully saturated rings. The average molecular weight is 1390 g/mol. The summed E-state index contributed by atoms with van der Waals surface area (Å²) in [5.41, 5.74) is 28.0. The lowest BCUT2D eigenvalue weighted by molar-refractivity contribution is 0.661. The smallest absolute Gasteiger partial charge is 0.179 e. The van der Waals surface area contributed by atoms with E-state index in [1.807, 2.05) is 0 Å². The molecule has 0 bridgehead atoms. The molecule has 5 heteroatoms. The molecular weight excluding hydrogens is 1310 g/mol. The van der Waals surface area contributed by atoms with Crippen LogP contribution < -0.4 is 30.5 Å². The summed E-state index contributed by atoms with van der Waals surface area (Å²) in [6, 6.07) is 146. The fourth-order valence-corrected chi connectivity index (χ4v) is 23.1. The fourth-order valence-electron chi connectivity index (χ4n) is 18.3. The highest BCUT2D eigenvalue weighted by Crippen LogP contribution is 2.54. The van der Waals surface area contributed by atoms with Gasteiger partial charge in [0.15, 0.2) is 8.07 Å². The summed E-state index contributed by atoms with van der Waals surface area (Å²) in [7, 11) is -3.16. The van der Waals surface area contributed by atoms with Crippen LogP contribution in [0.3, 0.4) is 0 Å². The fraction of sp³-hybridized carbons (Fsp3) is 0.0588. The maximum absolute atomic E-state index is 3.16. The maximum atomic E-state index is 2.64. The molecule has 20 rings (SSSR count). The lowest BCUT2D eigenvalue weighted by Gasteiger charge is -2.36. The van der Waals surface area contributed by atoms with Gasteiger partial charge in [-0.2, -0.15) is 0 Å². The Bertz CT molecular complexity index is 6100. The summed E-state index contributed by atoms with van der Waals surface area (Å²) >= 11 is 0. The molecule has 18 aromatic rings. The SMILES string of the molecule is CC1(C)c2cc(N(c3cccc(-c4ccccc4)c3)c3ccc4c(c3)c3ccccc3n4-c3ccccc3)ccc2-c2ccc([Si](c3ccccc3)(c3ccccc3)c3ccc4c(c3)C(C)(C)c3cc(N(c5cccc(-c6ccccc6)c5)c5ccc6c(c5)c5ccccc5n6-c5ccccc5)ccc3-4)cc21. The monoisotopic (exact) mass is 1380 g/mol. The number of fused-ring (bicyclic) bond motifs is 12. The van der Waals surface area contributed by atoms with Gasteiger partial charge in [0.05, 0.1) is 22.1 Å². The Morgan fingerprint density at radius 3 is 0.916 bits per heavy atom. The standard InChI is InChI=1S/C102H76N4Si/c1-101(2)93-65-79(103(75-39-27-33-71(61-75)69-29-11-5-12-30-69)77-51-59-99-91(63-77)89-45-23-25-47-97(89)105(99)73-35-15-7-16-36-73)49-55-85(93)87-57-53-83(67-95(87)101)107(81-41-19-9-20-42-81,82-43-21-10-22-44-82)84-54-58-88-86-56-50-80(66-94(86)102(3,4)96(88)68-84)104(76-40-28-34-72(62-76)70-31-13-6-14-32-70)78-52-60-100-92(64-78)90-46-24-26-48-98(90)106(100)74-37-17-8-18-38-74/h5-68H,1-4H3. The molecule has 2 aliphatic rings. The number of hydrogen-bond donors (Lipinski definition) is 0. The number of hydrogen-bond acceptors (Lipinski definition) is 2. The van der Waals surface area contributed by atoms with E-state index in [1.165, 1.54) is 131 Å². The first-order chi connectivity index (χ1) is 52.6. The second-order valence-corrected chi connectivity index (χ2v) is 33.8. The Hall–Kier alpha value is -13.1. The molecule has 0 amide bonds. The maximum Gasteiger partial charge on any atom is 0.179 e. The van der Waals surface area contributed by atoms with E-state index in [0.717, 1.165) is 45.5 Å². The molecule has 16 aromatic carbocycles. The van der Waals surface area contributed by atoms with Gasteiger partial charge in [0.2, 0.25) is 0 Å². The Morgan fingerprint density at radius 2 is 0.514 bits per heavy atom. The second kappa shape index (κ2) is 25.1. The summed E-state index contributed by atoms with van der Waals surface area (Å²) in [5.74, 6) is 0. The molecule has 0 atom stereocenters. The van der Waals surface area contributed by atoms with Gasteiger partial charge in [-0.05, 0) is 209 Å². The van der Waals surface area contributed by atoms with Gasteiger partial charge in [-0.3, -0.25) is 0 Å². The van der Waals surface area contributed by atoms with Crippen molar-refractivity contribution in [3.63, 3.8) is 0 Å².